The summed E-state index contributed by atoms with van der Waals surface area (Å²) in [6, 6.07) is 0. The van der Waals surface area contributed by atoms with Gasteiger partial charge >= 0.3 is 11.9 Å². The van der Waals surface area contributed by atoms with Crippen LogP contribution in [-0.4, -0.2) is 24.6 Å². The Morgan fingerprint density at radius 1 is 1.22 bits per heavy atom. The van der Waals surface area contributed by atoms with Crippen molar-refractivity contribution in [2.75, 3.05) is 6.61 Å². The van der Waals surface area contributed by atoms with Gasteiger partial charge in [0.15, 0.2) is 0 Å². The highest BCUT2D eigenvalue weighted by atomic mass is 16.6. The van der Waals surface area contributed by atoms with Gasteiger partial charge in [0.05, 0.1) is 6.61 Å². The molecule has 4 heteroatoms. The summed E-state index contributed by atoms with van der Waals surface area (Å²) in [5.74, 6) is -0.378. The molecule has 0 radical (unpaired) electrons. The van der Waals surface area contributed by atoms with E-state index in [4.69, 9.17) is 4.74 Å². The molecule has 0 heterocycles. The molecule has 0 aromatic rings. The monoisotopic (exact) mass is 256 g/mol. The van der Waals surface area contributed by atoms with Gasteiger partial charge in [0.2, 0.25) is 0 Å². The molecule has 1 rings (SSSR count). The second kappa shape index (κ2) is 6.76. The molecule has 3 atom stereocenters. The van der Waals surface area contributed by atoms with E-state index in [1.807, 2.05) is 0 Å². The van der Waals surface area contributed by atoms with E-state index in [1.165, 1.54) is 0 Å². The fraction of sp³-hybridized carbons (Fsp3) is 0.857. The Hall–Kier alpha value is -1.06. The lowest BCUT2D eigenvalue weighted by molar-refractivity contribution is -0.174. The molecular weight excluding hydrogens is 232 g/mol. The van der Waals surface area contributed by atoms with Crippen molar-refractivity contribution in [1.82, 2.24) is 0 Å². The van der Waals surface area contributed by atoms with E-state index in [2.05, 4.69) is 25.5 Å². The summed E-state index contributed by atoms with van der Waals surface area (Å²) in [7, 11) is 0. The van der Waals surface area contributed by atoms with Crippen molar-refractivity contribution >= 4 is 11.9 Å². The molecule has 0 aliphatic heterocycles. The van der Waals surface area contributed by atoms with Crippen molar-refractivity contribution in [2.24, 2.45) is 17.8 Å². The predicted octanol–water partition coefficient (Wildman–Crippen LogP) is 2.55. The van der Waals surface area contributed by atoms with Crippen LogP contribution >= 0.6 is 0 Å². The summed E-state index contributed by atoms with van der Waals surface area (Å²) in [5.41, 5.74) is 0. The number of hydrogen-bond donors (Lipinski definition) is 0. The van der Waals surface area contributed by atoms with E-state index >= 15 is 0 Å². The fourth-order valence-electron chi connectivity index (χ4n) is 2.63. The average molecular weight is 256 g/mol. The van der Waals surface area contributed by atoms with Gasteiger partial charge in [0, 0.05) is 0 Å². The Bertz CT molecular complexity index is 298. The molecule has 0 aromatic carbocycles. The van der Waals surface area contributed by atoms with E-state index in [-0.39, 0.29) is 12.7 Å². The minimum absolute atomic E-state index is 0.148. The van der Waals surface area contributed by atoms with Crippen molar-refractivity contribution in [2.45, 2.75) is 53.1 Å². The lowest BCUT2D eigenvalue weighted by atomic mass is 9.75. The normalized spacial score (nSPS) is 27.9. The smallest absolute Gasteiger partial charge is 0.417 e. The number of esters is 2. The van der Waals surface area contributed by atoms with Crippen molar-refractivity contribution < 1.29 is 19.1 Å². The molecule has 0 spiro atoms. The lowest BCUT2D eigenvalue weighted by Crippen LogP contribution is -2.37. The maximum absolute atomic E-state index is 11.6. The zero-order valence-electron chi connectivity index (χ0n) is 11.8. The molecule has 1 aliphatic rings. The van der Waals surface area contributed by atoms with Crippen molar-refractivity contribution in [3.8, 4) is 0 Å². The molecule has 0 amide bonds. The van der Waals surface area contributed by atoms with Gasteiger partial charge in [-0.1, -0.05) is 27.2 Å². The summed E-state index contributed by atoms with van der Waals surface area (Å²) < 4.78 is 9.99. The first kappa shape index (κ1) is 15.0. The molecular formula is C14H24O4. The first-order valence-corrected chi connectivity index (χ1v) is 6.83. The maximum atomic E-state index is 11.6. The molecule has 1 saturated carbocycles. The van der Waals surface area contributed by atoms with Crippen molar-refractivity contribution in [1.29, 1.82) is 0 Å². The van der Waals surface area contributed by atoms with E-state index in [0.29, 0.717) is 17.8 Å². The minimum Gasteiger partial charge on any atom is -0.458 e. The number of hydrogen-bond acceptors (Lipinski definition) is 4. The highest BCUT2D eigenvalue weighted by Crippen LogP contribution is 2.35. The maximum Gasteiger partial charge on any atom is 0.417 e. The molecule has 0 saturated heterocycles. The number of carbonyl (C=O) groups is 2. The topological polar surface area (TPSA) is 52.6 Å². The lowest BCUT2D eigenvalue weighted by Gasteiger charge is -2.36. The largest absolute Gasteiger partial charge is 0.458 e. The molecule has 0 N–H and O–H groups in total. The van der Waals surface area contributed by atoms with Crippen LogP contribution in [0.4, 0.5) is 0 Å². The summed E-state index contributed by atoms with van der Waals surface area (Å²) in [6.07, 6.45) is 2.91. The molecule has 4 nitrogen and oxygen atoms in total. The van der Waals surface area contributed by atoms with Crippen LogP contribution in [0.5, 0.6) is 0 Å². The Labute approximate surface area is 109 Å². The van der Waals surface area contributed by atoms with Crippen LogP contribution in [0.3, 0.4) is 0 Å². The highest BCUT2D eigenvalue weighted by Gasteiger charge is 2.34. The molecule has 1 fully saturated rings. The van der Waals surface area contributed by atoms with Crippen LogP contribution in [-0.2, 0) is 19.1 Å². The molecule has 0 bridgehead atoms. The van der Waals surface area contributed by atoms with Gasteiger partial charge in [0.25, 0.3) is 0 Å². The first-order valence-electron chi connectivity index (χ1n) is 6.83. The Morgan fingerprint density at radius 2 is 1.89 bits per heavy atom. The SMILES string of the molecule is CCOC(=O)C(=O)O[C@@H]1C[C@H](C)CC[C@H]1C(C)C. The Balaban J connectivity index is 2.60. The van der Waals surface area contributed by atoms with E-state index < -0.39 is 11.9 Å². The number of ether oxygens (including phenoxy) is 2. The zero-order chi connectivity index (χ0) is 13.7. The van der Waals surface area contributed by atoms with Gasteiger partial charge < -0.3 is 9.47 Å². The number of rotatable bonds is 3. The van der Waals surface area contributed by atoms with Gasteiger partial charge in [-0.25, -0.2) is 9.59 Å². The Kier molecular flexibility index (Phi) is 5.63. The van der Waals surface area contributed by atoms with Gasteiger partial charge in [-0.05, 0) is 37.5 Å². The fourth-order valence-corrected chi connectivity index (χ4v) is 2.63. The summed E-state index contributed by atoms with van der Waals surface area (Å²) in [4.78, 5) is 22.9. The third kappa shape index (κ3) is 4.00. The van der Waals surface area contributed by atoms with E-state index in [9.17, 15) is 9.59 Å². The predicted molar refractivity (Wildman–Crippen MR) is 67.9 cm³/mol. The molecule has 1 aliphatic carbocycles. The summed E-state index contributed by atoms with van der Waals surface area (Å²) >= 11 is 0. The second-order valence-corrected chi connectivity index (χ2v) is 5.49. The Morgan fingerprint density at radius 3 is 2.44 bits per heavy atom. The van der Waals surface area contributed by atoms with Gasteiger partial charge in [-0.2, -0.15) is 0 Å². The quantitative estimate of drug-likeness (QED) is 0.575. The van der Waals surface area contributed by atoms with Crippen LogP contribution in [0.15, 0.2) is 0 Å². The minimum atomic E-state index is -0.877. The molecule has 0 aromatic heterocycles. The van der Waals surface area contributed by atoms with E-state index in [1.54, 1.807) is 6.92 Å². The van der Waals surface area contributed by atoms with Crippen LogP contribution in [0, 0.1) is 17.8 Å². The van der Waals surface area contributed by atoms with Crippen LogP contribution in [0.25, 0.3) is 0 Å². The first-order chi connectivity index (χ1) is 8.45. The van der Waals surface area contributed by atoms with Gasteiger partial charge in [-0.3, -0.25) is 0 Å². The number of carbonyl (C=O) groups excluding carboxylic acids is 2. The van der Waals surface area contributed by atoms with Gasteiger partial charge in [0.1, 0.15) is 6.10 Å². The average Bonchev–Trinajstić information content (AvgIpc) is 2.28. The molecule has 0 unspecified atom stereocenters. The van der Waals surface area contributed by atoms with Crippen LogP contribution in [0.1, 0.15) is 47.0 Å². The standard InChI is InChI=1S/C14H24O4/c1-5-17-13(15)14(16)18-12-8-10(4)6-7-11(12)9(2)3/h9-12H,5-8H2,1-4H3/t10-,11+,12-/m1/s1. The molecule has 104 valence electrons. The van der Waals surface area contributed by atoms with E-state index in [0.717, 1.165) is 19.3 Å². The third-order valence-corrected chi connectivity index (χ3v) is 3.66. The zero-order valence-corrected chi connectivity index (χ0v) is 11.8. The van der Waals surface area contributed by atoms with Crippen LogP contribution in [0.2, 0.25) is 0 Å². The summed E-state index contributed by atoms with van der Waals surface area (Å²) in [5, 5.41) is 0. The van der Waals surface area contributed by atoms with Crippen molar-refractivity contribution in [3.05, 3.63) is 0 Å². The molecule has 18 heavy (non-hydrogen) atoms. The second-order valence-electron chi connectivity index (χ2n) is 5.49. The van der Waals surface area contributed by atoms with Crippen LogP contribution < -0.4 is 0 Å². The summed E-state index contributed by atoms with van der Waals surface area (Å²) in [6.45, 7) is 8.28. The van der Waals surface area contributed by atoms with Gasteiger partial charge in [-0.15, -0.1) is 0 Å². The highest BCUT2D eigenvalue weighted by molar-refractivity contribution is 6.29. The van der Waals surface area contributed by atoms with Crippen molar-refractivity contribution in [3.63, 3.8) is 0 Å². The third-order valence-electron chi connectivity index (χ3n) is 3.66.